The van der Waals surface area contributed by atoms with Crippen molar-refractivity contribution in [2.75, 3.05) is 0 Å². The molecule has 0 aromatic heterocycles. The molecule has 0 nitrogen and oxygen atoms in total. The highest BCUT2D eigenvalue weighted by Gasteiger charge is 2.43. The van der Waals surface area contributed by atoms with Gasteiger partial charge in [-0.3, -0.25) is 0 Å². The van der Waals surface area contributed by atoms with E-state index >= 15 is 8.78 Å². The predicted octanol–water partition coefficient (Wildman–Crippen LogP) is 9.32. The fraction of sp³-hybridized carbons (Fsp3) is 0.0370. The van der Waals surface area contributed by atoms with Crippen LogP contribution in [0, 0.1) is 40.7 Å². The Morgan fingerprint density at radius 3 is 1.54 bits per heavy atom. The maximum Gasteiger partial charge on any atom is 0.422 e. The van der Waals surface area contributed by atoms with Crippen LogP contribution in [-0.4, -0.2) is 0 Å². The summed E-state index contributed by atoms with van der Waals surface area (Å²) in [5, 5.41) is -0.591. The van der Waals surface area contributed by atoms with Crippen LogP contribution in [0.5, 0.6) is 0 Å². The van der Waals surface area contributed by atoms with Gasteiger partial charge in [0, 0.05) is 22.8 Å². The second-order valence-corrected chi connectivity index (χ2v) is 8.11. The minimum atomic E-state index is -5.74. The van der Waals surface area contributed by atoms with Gasteiger partial charge in [-0.25, -0.2) is 30.7 Å². The first-order valence-corrected chi connectivity index (χ1v) is 10.4. The van der Waals surface area contributed by atoms with Crippen molar-refractivity contribution in [3.8, 4) is 22.3 Å². The van der Waals surface area contributed by atoms with Crippen LogP contribution in [0.2, 0.25) is 0 Å². The highest BCUT2D eigenvalue weighted by Crippen LogP contribution is 2.47. The standard InChI is InChI=1S/C27H10F10/c28-11-5-7-15-17(9-11)19(16-8-6-12(29)10-18(16)30)13-3-1-2-4-14(13)20(15)21-23(31)25(33)22(27(35,36)37)26(34)24(21)32/h1-10H. The molecule has 0 radical (unpaired) electrons. The van der Waals surface area contributed by atoms with E-state index in [0.717, 1.165) is 30.3 Å². The van der Waals surface area contributed by atoms with Crippen molar-refractivity contribution in [2.24, 2.45) is 0 Å². The first-order valence-electron chi connectivity index (χ1n) is 10.4. The molecule has 0 aliphatic heterocycles. The lowest BCUT2D eigenvalue weighted by atomic mass is 9.85. The Labute approximate surface area is 201 Å². The van der Waals surface area contributed by atoms with Gasteiger partial charge in [0.15, 0.2) is 23.3 Å². The summed E-state index contributed by atoms with van der Waals surface area (Å²) < 4.78 is 142. The van der Waals surface area contributed by atoms with Crippen molar-refractivity contribution < 1.29 is 43.9 Å². The molecular weight excluding hydrogens is 514 g/mol. The number of hydrogen-bond donors (Lipinski definition) is 0. The Balaban J connectivity index is 2.03. The van der Waals surface area contributed by atoms with E-state index in [0.29, 0.717) is 6.07 Å². The minimum Gasteiger partial charge on any atom is -0.207 e. The molecule has 0 N–H and O–H groups in total. The van der Waals surface area contributed by atoms with Gasteiger partial charge in [0.05, 0.1) is 5.56 Å². The molecule has 0 amide bonds. The van der Waals surface area contributed by atoms with Gasteiger partial charge >= 0.3 is 6.18 Å². The van der Waals surface area contributed by atoms with Crippen molar-refractivity contribution >= 4 is 21.5 Å². The van der Waals surface area contributed by atoms with Gasteiger partial charge in [0.2, 0.25) is 0 Å². The average Bonchev–Trinajstić information content (AvgIpc) is 2.82. The third-order valence-corrected chi connectivity index (χ3v) is 5.98. The fourth-order valence-corrected chi connectivity index (χ4v) is 4.50. The summed E-state index contributed by atoms with van der Waals surface area (Å²) in [6, 6.07) is 10.6. The SMILES string of the molecule is Fc1ccc(-c2c3ccccc3c(-c3c(F)c(F)c(C(F)(F)F)c(F)c3F)c3ccc(F)cc23)c(F)c1. The predicted molar refractivity (Wildman–Crippen MR) is 117 cm³/mol. The molecular formula is C27H10F10. The maximum absolute atomic E-state index is 15.1. The lowest BCUT2D eigenvalue weighted by molar-refractivity contribution is -0.143. The van der Waals surface area contributed by atoms with Crippen LogP contribution in [0.4, 0.5) is 43.9 Å². The average molecular weight is 524 g/mol. The maximum atomic E-state index is 15.1. The van der Waals surface area contributed by atoms with Crippen LogP contribution in [0.1, 0.15) is 5.56 Å². The van der Waals surface area contributed by atoms with E-state index in [1.807, 2.05) is 0 Å². The number of hydrogen-bond acceptors (Lipinski definition) is 0. The normalized spacial score (nSPS) is 12.1. The van der Waals surface area contributed by atoms with Gasteiger partial charge < -0.3 is 0 Å². The number of alkyl halides is 3. The van der Waals surface area contributed by atoms with Crippen LogP contribution < -0.4 is 0 Å². The second kappa shape index (κ2) is 8.50. The smallest absolute Gasteiger partial charge is 0.207 e. The molecule has 5 aromatic rings. The Hall–Kier alpha value is -4.08. The van der Waals surface area contributed by atoms with E-state index in [2.05, 4.69) is 0 Å². The Kier molecular flexibility index (Phi) is 5.65. The second-order valence-electron chi connectivity index (χ2n) is 8.11. The first kappa shape index (κ1) is 24.6. The molecule has 0 bridgehead atoms. The number of halogens is 10. The molecule has 0 heterocycles. The van der Waals surface area contributed by atoms with Crippen LogP contribution >= 0.6 is 0 Å². The molecule has 0 unspecified atom stereocenters. The summed E-state index contributed by atoms with van der Waals surface area (Å²) in [6.07, 6.45) is -5.74. The third kappa shape index (κ3) is 3.78. The molecule has 0 aliphatic carbocycles. The molecule has 5 rings (SSSR count). The highest BCUT2D eigenvalue weighted by molar-refractivity contribution is 6.21. The molecule has 0 atom stereocenters. The van der Waals surface area contributed by atoms with E-state index in [9.17, 15) is 35.1 Å². The zero-order chi connectivity index (χ0) is 26.8. The summed E-state index contributed by atoms with van der Waals surface area (Å²) in [5.41, 5.74) is -5.05. The van der Waals surface area contributed by atoms with Gasteiger partial charge in [-0.05, 0) is 45.8 Å². The van der Waals surface area contributed by atoms with Crippen molar-refractivity contribution in [1.29, 1.82) is 0 Å². The van der Waals surface area contributed by atoms with Gasteiger partial charge in [0.25, 0.3) is 0 Å². The van der Waals surface area contributed by atoms with Crippen molar-refractivity contribution in [2.45, 2.75) is 6.18 Å². The molecule has 188 valence electrons. The van der Waals surface area contributed by atoms with Crippen molar-refractivity contribution in [3.05, 3.63) is 107 Å². The van der Waals surface area contributed by atoms with Gasteiger partial charge in [-0.1, -0.05) is 30.3 Å². The van der Waals surface area contributed by atoms with Crippen molar-refractivity contribution in [1.82, 2.24) is 0 Å². The van der Waals surface area contributed by atoms with Crippen LogP contribution in [0.3, 0.4) is 0 Å². The summed E-state index contributed by atoms with van der Waals surface area (Å²) in [7, 11) is 0. The molecule has 0 fully saturated rings. The molecule has 0 spiro atoms. The summed E-state index contributed by atoms with van der Waals surface area (Å²) in [5.74, 6) is -12.8. The molecule has 0 saturated carbocycles. The van der Waals surface area contributed by atoms with E-state index in [1.165, 1.54) is 24.3 Å². The van der Waals surface area contributed by atoms with E-state index in [4.69, 9.17) is 0 Å². The minimum absolute atomic E-state index is 0.000576. The quantitative estimate of drug-likeness (QED) is 0.123. The number of rotatable bonds is 2. The van der Waals surface area contributed by atoms with Crippen LogP contribution in [0.25, 0.3) is 43.8 Å². The zero-order valence-electron chi connectivity index (χ0n) is 18.1. The van der Waals surface area contributed by atoms with Gasteiger partial charge in [0.1, 0.15) is 23.0 Å². The molecule has 5 aromatic carbocycles. The Bertz CT molecular complexity index is 1710. The number of benzene rings is 5. The lowest BCUT2D eigenvalue weighted by Gasteiger charge is -2.20. The third-order valence-electron chi connectivity index (χ3n) is 5.98. The topological polar surface area (TPSA) is 0 Å². The largest absolute Gasteiger partial charge is 0.422 e. The lowest BCUT2D eigenvalue weighted by Crippen LogP contribution is -2.16. The highest BCUT2D eigenvalue weighted by atomic mass is 19.4. The van der Waals surface area contributed by atoms with Gasteiger partial charge in [-0.15, -0.1) is 0 Å². The van der Waals surface area contributed by atoms with E-state index in [1.54, 1.807) is 0 Å². The van der Waals surface area contributed by atoms with Crippen LogP contribution in [-0.2, 0) is 6.18 Å². The Morgan fingerprint density at radius 1 is 0.459 bits per heavy atom. The monoisotopic (exact) mass is 524 g/mol. The van der Waals surface area contributed by atoms with Crippen LogP contribution in [0.15, 0.2) is 60.7 Å². The van der Waals surface area contributed by atoms with Gasteiger partial charge in [-0.2, -0.15) is 13.2 Å². The van der Waals surface area contributed by atoms with E-state index in [-0.39, 0.29) is 32.7 Å². The van der Waals surface area contributed by atoms with Crippen molar-refractivity contribution in [3.63, 3.8) is 0 Å². The summed E-state index contributed by atoms with van der Waals surface area (Å²) in [4.78, 5) is 0. The summed E-state index contributed by atoms with van der Waals surface area (Å²) in [6.45, 7) is 0. The van der Waals surface area contributed by atoms with E-state index < -0.39 is 63.6 Å². The molecule has 0 saturated heterocycles. The molecule has 0 aliphatic rings. The fourth-order valence-electron chi connectivity index (χ4n) is 4.50. The number of fused-ring (bicyclic) bond motifs is 2. The summed E-state index contributed by atoms with van der Waals surface area (Å²) >= 11 is 0. The molecule has 10 heteroatoms. The Morgan fingerprint density at radius 2 is 0.973 bits per heavy atom. The molecule has 37 heavy (non-hydrogen) atoms. The first-order chi connectivity index (χ1) is 17.4. The zero-order valence-corrected chi connectivity index (χ0v) is 18.1.